The summed E-state index contributed by atoms with van der Waals surface area (Å²) in [6.07, 6.45) is 0. The molecule has 0 unspecified atom stereocenters. The SMILES string of the molecule is [B]c1ccc2c(c1)cc1n2C[C@@H](CO)[C@H]1NCc1ccccc1. The van der Waals surface area contributed by atoms with E-state index in [4.69, 9.17) is 7.85 Å². The highest BCUT2D eigenvalue weighted by atomic mass is 16.3. The van der Waals surface area contributed by atoms with Crippen molar-refractivity contribution in [1.29, 1.82) is 0 Å². The van der Waals surface area contributed by atoms with Crippen LogP contribution in [0, 0.1) is 5.92 Å². The van der Waals surface area contributed by atoms with Crippen molar-refractivity contribution in [2.24, 2.45) is 5.92 Å². The van der Waals surface area contributed by atoms with Gasteiger partial charge in [0.25, 0.3) is 0 Å². The van der Waals surface area contributed by atoms with Crippen molar-refractivity contribution >= 4 is 24.2 Å². The molecule has 0 saturated heterocycles. The number of nitrogens with one attached hydrogen (secondary N) is 1. The Kier molecular flexibility index (Phi) is 3.72. The van der Waals surface area contributed by atoms with Crippen LogP contribution in [-0.4, -0.2) is 24.1 Å². The molecule has 2 radical (unpaired) electrons. The lowest BCUT2D eigenvalue weighted by atomic mass is 9.94. The molecule has 0 amide bonds. The number of aliphatic hydroxyl groups excluding tert-OH is 1. The van der Waals surface area contributed by atoms with Crippen molar-refractivity contribution in [3.63, 3.8) is 0 Å². The summed E-state index contributed by atoms with van der Waals surface area (Å²) in [4.78, 5) is 0. The van der Waals surface area contributed by atoms with Crippen LogP contribution in [0.5, 0.6) is 0 Å². The van der Waals surface area contributed by atoms with Crippen molar-refractivity contribution < 1.29 is 5.11 Å². The molecule has 0 saturated carbocycles. The van der Waals surface area contributed by atoms with Gasteiger partial charge in [-0.25, -0.2) is 0 Å². The summed E-state index contributed by atoms with van der Waals surface area (Å²) in [6, 6.07) is 18.7. The summed E-state index contributed by atoms with van der Waals surface area (Å²) in [7, 11) is 5.90. The second kappa shape index (κ2) is 5.87. The Bertz CT molecular complexity index is 828. The van der Waals surface area contributed by atoms with Crippen LogP contribution < -0.4 is 10.8 Å². The maximum Gasteiger partial charge on any atom is 0.113 e. The van der Waals surface area contributed by atoms with Gasteiger partial charge in [-0.15, -0.1) is 0 Å². The third kappa shape index (κ3) is 2.58. The summed E-state index contributed by atoms with van der Waals surface area (Å²) in [5.74, 6) is 0.204. The lowest BCUT2D eigenvalue weighted by Crippen LogP contribution is -2.27. The minimum Gasteiger partial charge on any atom is -0.396 e. The van der Waals surface area contributed by atoms with Gasteiger partial charge in [0.2, 0.25) is 0 Å². The van der Waals surface area contributed by atoms with Crippen molar-refractivity contribution in [3.05, 3.63) is 65.9 Å². The quantitative estimate of drug-likeness (QED) is 0.722. The number of aromatic nitrogens is 1. The van der Waals surface area contributed by atoms with Crippen LogP contribution in [0.4, 0.5) is 0 Å². The molecule has 3 aromatic rings. The first kappa shape index (κ1) is 14.6. The van der Waals surface area contributed by atoms with E-state index < -0.39 is 0 Å². The number of fused-ring (bicyclic) bond motifs is 3. The fourth-order valence-electron chi connectivity index (χ4n) is 3.61. The summed E-state index contributed by atoms with van der Waals surface area (Å²) in [5.41, 5.74) is 4.47. The van der Waals surface area contributed by atoms with E-state index in [-0.39, 0.29) is 18.6 Å². The zero-order valence-electron chi connectivity index (χ0n) is 12.9. The van der Waals surface area contributed by atoms with E-state index >= 15 is 0 Å². The molecule has 114 valence electrons. The van der Waals surface area contributed by atoms with Gasteiger partial charge in [0.05, 0.1) is 6.04 Å². The second-order valence-corrected chi connectivity index (χ2v) is 6.28. The number of rotatable bonds is 4. The number of hydrogen-bond acceptors (Lipinski definition) is 2. The molecule has 0 fully saturated rings. The topological polar surface area (TPSA) is 37.2 Å². The van der Waals surface area contributed by atoms with Gasteiger partial charge in [-0.05, 0) is 23.1 Å². The molecule has 3 nitrogen and oxygen atoms in total. The Hall–Kier alpha value is -2.04. The molecule has 1 aromatic heterocycles. The molecule has 0 bridgehead atoms. The van der Waals surface area contributed by atoms with Crippen LogP contribution in [-0.2, 0) is 13.1 Å². The van der Waals surface area contributed by atoms with Crippen LogP contribution in [0.2, 0.25) is 0 Å². The third-order valence-corrected chi connectivity index (χ3v) is 4.77. The molecule has 23 heavy (non-hydrogen) atoms. The lowest BCUT2D eigenvalue weighted by molar-refractivity contribution is 0.194. The molecule has 2 N–H and O–H groups in total. The highest BCUT2D eigenvalue weighted by Gasteiger charge is 2.33. The Morgan fingerprint density at radius 2 is 1.96 bits per heavy atom. The summed E-state index contributed by atoms with van der Waals surface area (Å²) in [5, 5.41) is 14.6. The summed E-state index contributed by atoms with van der Waals surface area (Å²) < 4.78 is 2.30. The van der Waals surface area contributed by atoms with Gasteiger partial charge in [0, 0.05) is 36.8 Å². The molecule has 4 heteroatoms. The van der Waals surface area contributed by atoms with Crippen LogP contribution >= 0.6 is 0 Å². The maximum absolute atomic E-state index is 9.77. The Balaban J connectivity index is 1.65. The maximum atomic E-state index is 9.77. The summed E-state index contributed by atoms with van der Waals surface area (Å²) >= 11 is 0. The molecule has 1 aliphatic heterocycles. The smallest absolute Gasteiger partial charge is 0.113 e. The number of hydrogen-bond donors (Lipinski definition) is 2. The van der Waals surface area contributed by atoms with Crippen LogP contribution in [0.15, 0.2) is 54.6 Å². The first-order valence-corrected chi connectivity index (χ1v) is 8.03. The Labute approximate surface area is 137 Å². The molecule has 4 rings (SSSR count). The van der Waals surface area contributed by atoms with E-state index in [2.05, 4.69) is 46.3 Å². The van der Waals surface area contributed by atoms with Crippen molar-refractivity contribution in [3.8, 4) is 0 Å². The molecule has 1 aliphatic rings. The van der Waals surface area contributed by atoms with Gasteiger partial charge >= 0.3 is 0 Å². The molecular formula is C19H19BN2O. The Morgan fingerprint density at radius 1 is 1.13 bits per heavy atom. The van der Waals surface area contributed by atoms with Crippen molar-refractivity contribution in [1.82, 2.24) is 9.88 Å². The number of benzene rings is 2. The standard InChI is InChI=1S/C19H19BN2O/c20-16-6-7-17-14(8-16)9-18-19(15(12-23)11-22(17)18)21-10-13-4-2-1-3-5-13/h1-9,15,19,21,23H,10-12H2/t15-,19+/m0/s1. The predicted octanol–water partition coefficient (Wildman–Crippen LogP) is 1.89. The zero-order valence-corrected chi connectivity index (χ0v) is 12.9. The van der Waals surface area contributed by atoms with Crippen LogP contribution in [0.3, 0.4) is 0 Å². The van der Waals surface area contributed by atoms with Gasteiger partial charge < -0.3 is 15.0 Å². The van der Waals surface area contributed by atoms with Crippen molar-refractivity contribution in [2.45, 2.75) is 19.1 Å². The average molecular weight is 302 g/mol. The highest BCUT2D eigenvalue weighted by Crippen LogP contribution is 2.36. The van der Waals surface area contributed by atoms with E-state index in [1.807, 2.05) is 18.2 Å². The molecule has 2 atom stereocenters. The predicted molar refractivity (Wildman–Crippen MR) is 93.9 cm³/mol. The Morgan fingerprint density at radius 3 is 2.74 bits per heavy atom. The monoisotopic (exact) mass is 302 g/mol. The minimum absolute atomic E-state index is 0.161. The van der Waals surface area contributed by atoms with Gasteiger partial charge in [-0.3, -0.25) is 0 Å². The van der Waals surface area contributed by atoms with Gasteiger partial charge in [-0.1, -0.05) is 47.9 Å². The molecular weight excluding hydrogens is 283 g/mol. The van der Waals surface area contributed by atoms with E-state index in [0.29, 0.717) is 0 Å². The first-order valence-electron chi connectivity index (χ1n) is 8.03. The minimum atomic E-state index is 0.161. The highest BCUT2D eigenvalue weighted by molar-refractivity contribution is 6.33. The van der Waals surface area contributed by atoms with Crippen LogP contribution in [0.25, 0.3) is 10.9 Å². The third-order valence-electron chi connectivity index (χ3n) is 4.77. The molecule has 2 aromatic carbocycles. The normalized spacial score (nSPS) is 20.0. The molecule has 0 aliphatic carbocycles. The van der Waals surface area contributed by atoms with Crippen LogP contribution in [0.1, 0.15) is 17.3 Å². The number of aliphatic hydroxyl groups is 1. The lowest BCUT2D eigenvalue weighted by Gasteiger charge is -2.19. The zero-order chi connectivity index (χ0) is 15.8. The molecule has 2 heterocycles. The van der Waals surface area contributed by atoms with E-state index in [9.17, 15) is 5.11 Å². The van der Waals surface area contributed by atoms with Gasteiger partial charge in [0.1, 0.15) is 7.85 Å². The summed E-state index contributed by atoms with van der Waals surface area (Å²) in [6.45, 7) is 1.82. The molecule has 0 spiro atoms. The van der Waals surface area contributed by atoms with E-state index in [1.165, 1.54) is 22.2 Å². The van der Waals surface area contributed by atoms with E-state index in [0.717, 1.165) is 18.6 Å². The fraction of sp³-hybridized carbons (Fsp3) is 0.263. The second-order valence-electron chi connectivity index (χ2n) is 6.28. The van der Waals surface area contributed by atoms with E-state index in [1.54, 1.807) is 0 Å². The first-order chi connectivity index (χ1) is 11.3. The largest absolute Gasteiger partial charge is 0.396 e. The van der Waals surface area contributed by atoms with Gasteiger partial charge in [-0.2, -0.15) is 0 Å². The fourth-order valence-corrected chi connectivity index (χ4v) is 3.61. The van der Waals surface area contributed by atoms with Gasteiger partial charge in [0.15, 0.2) is 0 Å². The average Bonchev–Trinajstić information content (AvgIpc) is 3.08. The number of nitrogens with zero attached hydrogens (tertiary/aromatic N) is 1. The van der Waals surface area contributed by atoms with Crippen molar-refractivity contribution in [2.75, 3.05) is 6.61 Å².